The molecule has 122 valence electrons. The molecule has 0 saturated carbocycles. The smallest absolute Gasteiger partial charge is 0.254 e. The van der Waals surface area contributed by atoms with Crippen molar-refractivity contribution < 1.29 is 20.1 Å². The topological polar surface area (TPSA) is 81.0 Å². The lowest BCUT2D eigenvalue weighted by Gasteiger charge is -2.26. The van der Waals surface area contributed by atoms with E-state index in [4.69, 9.17) is 0 Å². The van der Waals surface area contributed by atoms with Crippen LogP contribution in [-0.2, 0) is 4.79 Å². The fraction of sp³-hybridized carbons (Fsp3) is 0.278. The first-order valence-electron chi connectivity index (χ1n) is 7.39. The quantitative estimate of drug-likeness (QED) is 0.750. The summed E-state index contributed by atoms with van der Waals surface area (Å²) in [4.78, 5) is 13.4. The van der Waals surface area contributed by atoms with Gasteiger partial charge in [0.25, 0.3) is 5.91 Å². The van der Waals surface area contributed by atoms with Gasteiger partial charge < -0.3 is 20.2 Å². The van der Waals surface area contributed by atoms with Crippen LogP contribution in [0.3, 0.4) is 0 Å². The van der Waals surface area contributed by atoms with Crippen LogP contribution in [-0.4, -0.2) is 45.8 Å². The van der Waals surface area contributed by atoms with Crippen LogP contribution in [0.4, 0.5) is 0 Å². The summed E-state index contributed by atoms with van der Waals surface area (Å²) in [7, 11) is 1.48. The number of carbonyl (C=O) groups excluding carboxylic acids is 1. The second-order valence-corrected chi connectivity index (χ2v) is 5.45. The predicted octanol–water partition coefficient (Wildman–Crippen LogP) is 1.27. The molecule has 0 spiro atoms. The fourth-order valence-corrected chi connectivity index (χ4v) is 2.32. The molecule has 3 atom stereocenters. The molecule has 0 heterocycles. The molecule has 1 amide bonds. The van der Waals surface area contributed by atoms with Crippen molar-refractivity contribution >= 4 is 5.91 Å². The van der Waals surface area contributed by atoms with Crippen molar-refractivity contribution in [2.75, 3.05) is 13.6 Å². The molecule has 0 fully saturated rings. The number of likely N-dealkylation sites (N-methyl/N-ethyl adjacent to an activating group) is 1. The van der Waals surface area contributed by atoms with E-state index in [1.807, 2.05) is 6.07 Å². The largest absolute Gasteiger partial charge is 0.387 e. The lowest BCUT2D eigenvalue weighted by Crippen LogP contribution is -2.41. The first-order chi connectivity index (χ1) is 11.0. The summed E-state index contributed by atoms with van der Waals surface area (Å²) in [6, 6.07) is 17.5. The Labute approximate surface area is 135 Å². The lowest BCUT2D eigenvalue weighted by molar-refractivity contribution is -0.146. The van der Waals surface area contributed by atoms with Gasteiger partial charge in [0.1, 0.15) is 6.10 Å². The molecule has 0 aliphatic carbocycles. The molecule has 2 aromatic rings. The Bertz CT molecular complexity index is 617. The number of nitrogens with zero attached hydrogens (tertiary/aromatic N) is 1. The first-order valence-corrected chi connectivity index (χ1v) is 7.39. The van der Waals surface area contributed by atoms with E-state index in [0.717, 1.165) is 0 Å². The highest BCUT2D eigenvalue weighted by atomic mass is 16.3. The third-order valence-electron chi connectivity index (χ3n) is 3.70. The van der Waals surface area contributed by atoms with Gasteiger partial charge in [0.15, 0.2) is 6.10 Å². The normalized spacial score (nSPS) is 14.8. The zero-order chi connectivity index (χ0) is 16.8. The van der Waals surface area contributed by atoms with Gasteiger partial charge in [-0.05, 0) is 11.1 Å². The van der Waals surface area contributed by atoms with Gasteiger partial charge in [-0.3, -0.25) is 4.79 Å². The van der Waals surface area contributed by atoms with Gasteiger partial charge in [-0.15, -0.1) is 0 Å². The Morgan fingerprint density at radius 2 is 1.39 bits per heavy atom. The second kappa shape index (κ2) is 7.87. The van der Waals surface area contributed by atoms with E-state index in [0.29, 0.717) is 11.1 Å². The van der Waals surface area contributed by atoms with E-state index in [2.05, 4.69) is 0 Å². The molecule has 3 N–H and O–H groups in total. The van der Waals surface area contributed by atoms with E-state index in [1.54, 1.807) is 54.6 Å². The number of aliphatic hydroxyl groups is 3. The number of amides is 1. The molecule has 0 aliphatic rings. The molecule has 1 unspecified atom stereocenters. The highest BCUT2D eigenvalue weighted by Crippen LogP contribution is 2.19. The van der Waals surface area contributed by atoms with Gasteiger partial charge in [0, 0.05) is 7.05 Å². The van der Waals surface area contributed by atoms with Crippen molar-refractivity contribution in [3.63, 3.8) is 0 Å². The number of benzene rings is 2. The number of aliphatic hydroxyl groups excluding tert-OH is 3. The zero-order valence-electron chi connectivity index (χ0n) is 12.9. The van der Waals surface area contributed by atoms with Crippen LogP contribution in [0.5, 0.6) is 0 Å². The fourth-order valence-electron chi connectivity index (χ4n) is 2.32. The third-order valence-corrected chi connectivity index (χ3v) is 3.70. The van der Waals surface area contributed by atoms with E-state index in [1.165, 1.54) is 11.9 Å². The minimum Gasteiger partial charge on any atom is -0.387 e. The Hall–Kier alpha value is -2.21. The van der Waals surface area contributed by atoms with Crippen molar-refractivity contribution in [1.29, 1.82) is 0 Å². The average Bonchev–Trinajstić information content (AvgIpc) is 2.61. The maximum Gasteiger partial charge on any atom is 0.254 e. The number of hydrogen-bond donors (Lipinski definition) is 3. The summed E-state index contributed by atoms with van der Waals surface area (Å²) in [6.07, 6.45) is -3.74. The van der Waals surface area contributed by atoms with Crippen molar-refractivity contribution in [3.05, 3.63) is 71.8 Å². The molecule has 5 heteroatoms. The van der Waals surface area contributed by atoms with Crippen LogP contribution >= 0.6 is 0 Å². The van der Waals surface area contributed by atoms with Crippen molar-refractivity contribution in [1.82, 2.24) is 4.90 Å². The summed E-state index contributed by atoms with van der Waals surface area (Å²) in [6.45, 7) is 0.0292. The SMILES string of the molecule is CN(CC(O)c1ccccc1)C(=O)[C@H](O)[C@@H](O)c1ccccc1. The van der Waals surface area contributed by atoms with Gasteiger partial charge >= 0.3 is 0 Å². The van der Waals surface area contributed by atoms with Crippen LogP contribution in [0.15, 0.2) is 60.7 Å². The van der Waals surface area contributed by atoms with Crippen molar-refractivity contribution in [2.24, 2.45) is 0 Å². The summed E-state index contributed by atoms with van der Waals surface area (Å²) in [5.74, 6) is -0.642. The van der Waals surface area contributed by atoms with Crippen molar-refractivity contribution in [2.45, 2.75) is 18.3 Å². The van der Waals surface area contributed by atoms with Crippen LogP contribution in [0.1, 0.15) is 23.3 Å². The van der Waals surface area contributed by atoms with E-state index in [-0.39, 0.29) is 6.54 Å². The standard InChI is InChI=1S/C18H21NO4/c1-19(12-15(20)13-8-4-2-5-9-13)18(23)17(22)16(21)14-10-6-3-7-11-14/h2-11,15-17,20-22H,12H2,1H3/t15?,16-,17+/m0/s1. The molecule has 0 bridgehead atoms. The van der Waals surface area contributed by atoms with Gasteiger partial charge in [-0.1, -0.05) is 60.7 Å². The number of carbonyl (C=O) groups is 1. The van der Waals surface area contributed by atoms with Crippen LogP contribution in [0.2, 0.25) is 0 Å². The number of hydrogen-bond acceptors (Lipinski definition) is 4. The predicted molar refractivity (Wildman–Crippen MR) is 86.4 cm³/mol. The highest BCUT2D eigenvalue weighted by Gasteiger charge is 2.29. The third kappa shape index (κ3) is 4.39. The Morgan fingerprint density at radius 3 is 1.91 bits per heavy atom. The van der Waals surface area contributed by atoms with Crippen LogP contribution in [0.25, 0.3) is 0 Å². The van der Waals surface area contributed by atoms with Gasteiger partial charge in [0.2, 0.25) is 0 Å². The summed E-state index contributed by atoms with van der Waals surface area (Å²) >= 11 is 0. The minimum atomic E-state index is -1.58. The molecule has 0 aromatic heterocycles. The van der Waals surface area contributed by atoms with Crippen LogP contribution in [0, 0.1) is 0 Å². The van der Waals surface area contributed by atoms with E-state index < -0.39 is 24.2 Å². The summed E-state index contributed by atoms with van der Waals surface area (Å²) < 4.78 is 0. The van der Waals surface area contributed by atoms with Gasteiger partial charge in [-0.2, -0.15) is 0 Å². The zero-order valence-corrected chi connectivity index (χ0v) is 12.9. The average molecular weight is 315 g/mol. The molecule has 2 aromatic carbocycles. The number of rotatable bonds is 6. The Kier molecular flexibility index (Phi) is 5.87. The molecule has 5 nitrogen and oxygen atoms in total. The Morgan fingerprint density at radius 1 is 0.913 bits per heavy atom. The van der Waals surface area contributed by atoms with Gasteiger partial charge in [0.05, 0.1) is 12.6 Å². The molecule has 0 radical (unpaired) electrons. The molecular formula is C18H21NO4. The highest BCUT2D eigenvalue weighted by molar-refractivity contribution is 5.81. The van der Waals surface area contributed by atoms with E-state index >= 15 is 0 Å². The Balaban J connectivity index is 1.99. The summed E-state index contributed by atoms with van der Waals surface area (Å²) in [5, 5.41) is 30.3. The maximum atomic E-state index is 12.2. The molecule has 2 rings (SSSR count). The van der Waals surface area contributed by atoms with E-state index in [9.17, 15) is 20.1 Å². The van der Waals surface area contributed by atoms with Gasteiger partial charge in [-0.25, -0.2) is 0 Å². The molecule has 0 saturated heterocycles. The lowest BCUT2D eigenvalue weighted by atomic mass is 10.0. The monoisotopic (exact) mass is 315 g/mol. The molecule has 0 aliphatic heterocycles. The molecule has 23 heavy (non-hydrogen) atoms. The summed E-state index contributed by atoms with van der Waals surface area (Å²) in [5.41, 5.74) is 1.15. The second-order valence-electron chi connectivity index (χ2n) is 5.45. The van der Waals surface area contributed by atoms with Crippen molar-refractivity contribution in [3.8, 4) is 0 Å². The maximum absolute atomic E-state index is 12.2. The van der Waals surface area contributed by atoms with Crippen LogP contribution < -0.4 is 0 Å². The minimum absolute atomic E-state index is 0.0292. The molecular weight excluding hydrogens is 294 g/mol. The first kappa shape index (κ1) is 17.1.